The Morgan fingerprint density at radius 3 is 2.41 bits per heavy atom. The highest BCUT2D eigenvalue weighted by atomic mass is 35.5. The Morgan fingerprint density at radius 1 is 1.07 bits per heavy atom. The molecule has 3 aromatic rings. The minimum atomic E-state index is 0.420. The number of hydrogen-bond donors (Lipinski definition) is 1. The Bertz CT molecular complexity index is 1330. The number of rotatable bonds is 4. The summed E-state index contributed by atoms with van der Waals surface area (Å²) in [5, 5.41) is 14.0. The highest BCUT2D eigenvalue weighted by Crippen LogP contribution is 2.37. The van der Waals surface area contributed by atoms with Gasteiger partial charge in [0.15, 0.2) is 0 Å². The number of fused-ring (bicyclic) bond motifs is 2. The summed E-state index contributed by atoms with van der Waals surface area (Å²) in [4.78, 5) is 16.7. The van der Waals surface area contributed by atoms with Crippen LogP contribution in [0, 0.1) is 11.3 Å². The predicted octanol–water partition coefficient (Wildman–Crippen LogP) is 5.67. The van der Waals surface area contributed by atoms with E-state index in [4.69, 9.17) is 31.6 Å². The van der Waals surface area contributed by atoms with Gasteiger partial charge < -0.3 is 24.8 Å². The third-order valence-electron chi connectivity index (χ3n) is 7.96. The molecule has 1 N–H and O–H groups in total. The zero-order valence-electron chi connectivity index (χ0n) is 25.2. The van der Waals surface area contributed by atoms with Crippen LogP contribution in [0.25, 0.3) is 10.8 Å². The molecule has 4 heterocycles. The van der Waals surface area contributed by atoms with Crippen molar-refractivity contribution in [1.29, 1.82) is 5.26 Å². The van der Waals surface area contributed by atoms with Crippen molar-refractivity contribution < 1.29 is 4.74 Å². The van der Waals surface area contributed by atoms with Crippen LogP contribution in [0.4, 0.5) is 11.5 Å². The van der Waals surface area contributed by atoms with Crippen LogP contribution in [0.1, 0.15) is 51.3 Å². The lowest BCUT2D eigenvalue weighted by Crippen LogP contribution is -2.55. The molecule has 2 atom stereocenters. The van der Waals surface area contributed by atoms with Gasteiger partial charge in [-0.25, -0.2) is 0 Å². The standard InChI is InChI=1S/C25H30ClN5O.C5H11N.C2H3N/c1-4-18-14-31(13-16(2)27-18)24-19-11-12-30(15-21(19)28-25(29-24)32-3)22-10-6-8-17-7-5-9-20(26)23(17)22;1-6-4-2-3-5-6;1-2-3/h5-10,16,18,27H,4,11-15H2,1-3H3;2-5H2,1H3;1H3/t16-,18?;;/m0../s1. The Kier molecular flexibility index (Phi) is 11.0. The highest BCUT2D eigenvalue weighted by Gasteiger charge is 2.30. The van der Waals surface area contributed by atoms with Gasteiger partial charge in [0.2, 0.25) is 0 Å². The van der Waals surface area contributed by atoms with Gasteiger partial charge in [0.25, 0.3) is 0 Å². The van der Waals surface area contributed by atoms with E-state index in [2.05, 4.69) is 65.2 Å². The number of nitriles is 1. The number of piperazine rings is 1. The molecule has 2 aromatic carbocycles. The van der Waals surface area contributed by atoms with Crippen molar-refractivity contribution in [3.63, 3.8) is 0 Å². The second kappa shape index (κ2) is 14.7. The number of halogens is 1. The third-order valence-corrected chi connectivity index (χ3v) is 8.27. The van der Waals surface area contributed by atoms with Crippen LogP contribution in [0.2, 0.25) is 5.02 Å². The van der Waals surface area contributed by atoms with Crippen molar-refractivity contribution >= 4 is 33.9 Å². The molecule has 0 spiro atoms. The Labute approximate surface area is 250 Å². The number of hydrogen-bond acceptors (Lipinski definition) is 8. The normalized spacial score (nSPS) is 20.3. The molecule has 3 aliphatic heterocycles. The molecule has 0 aliphatic carbocycles. The van der Waals surface area contributed by atoms with Crippen molar-refractivity contribution in [3.8, 4) is 12.1 Å². The van der Waals surface area contributed by atoms with Gasteiger partial charge in [-0.15, -0.1) is 0 Å². The Morgan fingerprint density at radius 2 is 1.78 bits per heavy atom. The minimum Gasteiger partial charge on any atom is -0.467 e. The summed E-state index contributed by atoms with van der Waals surface area (Å²) < 4.78 is 5.52. The lowest BCUT2D eigenvalue weighted by Gasteiger charge is -2.40. The van der Waals surface area contributed by atoms with Gasteiger partial charge in [0, 0.05) is 55.3 Å². The first kappa shape index (κ1) is 30.8. The first-order valence-corrected chi connectivity index (χ1v) is 15.1. The summed E-state index contributed by atoms with van der Waals surface area (Å²) in [5.74, 6) is 1.04. The van der Waals surface area contributed by atoms with E-state index in [1.807, 2.05) is 12.1 Å². The summed E-state index contributed by atoms with van der Waals surface area (Å²) >= 11 is 6.61. The third kappa shape index (κ3) is 7.59. The summed E-state index contributed by atoms with van der Waals surface area (Å²) in [6.07, 6.45) is 4.82. The number of anilines is 2. The zero-order chi connectivity index (χ0) is 29.4. The van der Waals surface area contributed by atoms with Gasteiger partial charge in [0.05, 0.1) is 30.4 Å². The highest BCUT2D eigenvalue weighted by molar-refractivity contribution is 6.36. The predicted molar refractivity (Wildman–Crippen MR) is 169 cm³/mol. The molecule has 1 unspecified atom stereocenters. The molecule has 3 aliphatic rings. The molecular formula is C32H44ClN7O. The smallest absolute Gasteiger partial charge is 0.318 e. The number of nitrogens with zero attached hydrogens (tertiary/aromatic N) is 6. The van der Waals surface area contributed by atoms with Gasteiger partial charge in [-0.1, -0.05) is 42.8 Å². The fourth-order valence-electron chi connectivity index (χ4n) is 5.96. The number of nitrogens with one attached hydrogen (secondary N) is 1. The van der Waals surface area contributed by atoms with E-state index in [-0.39, 0.29) is 0 Å². The topological polar surface area (TPSA) is 80.5 Å². The Hall–Kier alpha value is -3.12. The van der Waals surface area contributed by atoms with E-state index in [1.165, 1.54) is 38.4 Å². The number of benzene rings is 2. The molecule has 1 aromatic heterocycles. The zero-order valence-corrected chi connectivity index (χ0v) is 25.9. The van der Waals surface area contributed by atoms with Crippen LogP contribution >= 0.6 is 11.6 Å². The molecule has 41 heavy (non-hydrogen) atoms. The van der Waals surface area contributed by atoms with Crippen LogP contribution < -0.4 is 19.9 Å². The van der Waals surface area contributed by atoms with Gasteiger partial charge in [-0.05, 0) is 70.3 Å². The van der Waals surface area contributed by atoms with Crippen molar-refractivity contribution in [2.75, 3.05) is 56.7 Å². The number of likely N-dealkylation sites (tertiary alicyclic amines) is 1. The molecule has 0 saturated carbocycles. The van der Waals surface area contributed by atoms with Crippen molar-refractivity contribution in [1.82, 2.24) is 20.2 Å². The first-order valence-electron chi connectivity index (χ1n) is 14.7. The van der Waals surface area contributed by atoms with E-state index in [9.17, 15) is 0 Å². The second-order valence-corrected chi connectivity index (χ2v) is 11.5. The molecule has 2 saturated heterocycles. The van der Waals surface area contributed by atoms with Crippen molar-refractivity contribution in [3.05, 3.63) is 52.7 Å². The van der Waals surface area contributed by atoms with Crippen LogP contribution in [0.15, 0.2) is 36.4 Å². The summed E-state index contributed by atoms with van der Waals surface area (Å²) in [7, 11) is 3.82. The van der Waals surface area contributed by atoms with Crippen LogP contribution in [-0.4, -0.2) is 73.8 Å². The fraction of sp³-hybridized carbons (Fsp3) is 0.531. The van der Waals surface area contributed by atoms with Crippen molar-refractivity contribution in [2.45, 2.75) is 65.1 Å². The van der Waals surface area contributed by atoms with Gasteiger partial charge in [0.1, 0.15) is 5.82 Å². The maximum absolute atomic E-state index is 7.32. The first-order chi connectivity index (χ1) is 19.9. The van der Waals surface area contributed by atoms with Crippen LogP contribution in [0.3, 0.4) is 0 Å². The fourth-order valence-corrected chi connectivity index (χ4v) is 6.24. The van der Waals surface area contributed by atoms with Crippen molar-refractivity contribution in [2.24, 2.45) is 0 Å². The molecule has 0 radical (unpaired) electrons. The monoisotopic (exact) mass is 577 g/mol. The van der Waals surface area contributed by atoms with Crippen LogP contribution in [-0.2, 0) is 13.0 Å². The average molecular weight is 578 g/mol. The molecule has 220 valence electrons. The number of aromatic nitrogens is 2. The lowest BCUT2D eigenvalue weighted by atomic mass is 10.0. The summed E-state index contributed by atoms with van der Waals surface area (Å²) in [6.45, 7) is 12.0. The number of methoxy groups -OCH3 is 1. The maximum atomic E-state index is 7.32. The largest absolute Gasteiger partial charge is 0.467 e. The quantitative estimate of drug-likeness (QED) is 0.425. The van der Waals surface area contributed by atoms with E-state index in [1.54, 1.807) is 13.2 Å². The molecular weight excluding hydrogens is 534 g/mol. The van der Waals surface area contributed by atoms with Crippen LogP contribution in [0.5, 0.6) is 6.01 Å². The molecule has 2 fully saturated rings. The van der Waals surface area contributed by atoms with E-state index >= 15 is 0 Å². The molecule has 9 heteroatoms. The molecule has 0 bridgehead atoms. The van der Waals surface area contributed by atoms with Gasteiger partial charge in [-0.3, -0.25) is 0 Å². The second-order valence-electron chi connectivity index (χ2n) is 11.1. The molecule has 8 nitrogen and oxygen atoms in total. The summed E-state index contributed by atoms with van der Waals surface area (Å²) in [6, 6.07) is 15.5. The maximum Gasteiger partial charge on any atom is 0.318 e. The molecule has 6 rings (SSSR count). The number of ether oxygens (including phenoxy) is 1. The van der Waals surface area contributed by atoms with Gasteiger partial charge in [-0.2, -0.15) is 15.2 Å². The molecule has 0 amide bonds. The minimum absolute atomic E-state index is 0.420. The average Bonchev–Trinajstić information content (AvgIpc) is 3.47. The van der Waals surface area contributed by atoms with Gasteiger partial charge >= 0.3 is 6.01 Å². The lowest BCUT2D eigenvalue weighted by molar-refractivity contribution is 0.364. The SMILES string of the molecule is CC#N.CCC1CN(c2nc(OC)nc3c2CCN(c2cccc4cccc(Cl)c24)C3)C[C@H](C)N1.CN1CCCC1. The van der Waals surface area contributed by atoms with E-state index in [0.29, 0.717) is 24.6 Å². The van der Waals surface area contributed by atoms with E-state index in [0.717, 1.165) is 65.5 Å². The Balaban J connectivity index is 0.000000372. The summed E-state index contributed by atoms with van der Waals surface area (Å²) in [5.41, 5.74) is 3.44. The van der Waals surface area contributed by atoms with E-state index < -0.39 is 0 Å².